The summed E-state index contributed by atoms with van der Waals surface area (Å²) in [6.45, 7) is 5.98. The van der Waals surface area contributed by atoms with Crippen LogP contribution in [0, 0.1) is 11.6 Å². The van der Waals surface area contributed by atoms with Crippen LogP contribution in [0.5, 0.6) is 0 Å². The molecule has 2 amide bonds. The molecule has 0 aliphatic carbocycles. The highest BCUT2D eigenvalue weighted by Gasteiger charge is 2.34. The first-order valence-corrected chi connectivity index (χ1v) is 8.68. The van der Waals surface area contributed by atoms with E-state index in [1.54, 1.807) is 27.8 Å². The molecule has 1 aromatic rings. The van der Waals surface area contributed by atoms with E-state index in [0.29, 0.717) is 19.0 Å². The van der Waals surface area contributed by atoms with Gasteiger partial charge in [0.1, 0.15) is 17.2 Å². The van der Waals surface area contributed by atoms with Crippen LogP contribution in [0.15, 0.2) is 16.6 Å². The van der Waals surface area contributed by atoms with Crippen molar-refractivity contribution in [3.63, 3.8) is 0 Å². The Bertz CT molecular complexity index is 691. The van der Waals surface area contributed by atoms with Crippen molar-refractivity contribution in [2.45, 2.75) is 38.8 Å². The van der Waals surface area contributed by atoms with E-state index in [4.69, 9.17) is 4.74 Å². The van der Waals surface area contributed by atoms with Gasteiger partial charge in [0.05, 0.1) is 16.1 Å². The van der Waals surface area contributed by atoms with Gasteiger partial charge in [-0.15, -0.1) is 0 Å². The quantitative estimate of drug-likeness (QED) is 0.686. The Hall–Kier alpha value is -1.70. The fraction of sp³-hybridized carbons (Fsp3) is 0.529. The number of benzene rings is 1. The lowest BCUT2D eigenvalue weighted by Gasteiger charge is -2.28. The van der Waals surface area contributed by atoms with E-state index in [1.165, 1.54) is 9.80 Å². The number of rotatable bonds is 2. The highest BCUT2D eigenvalue weighted by Crippen LogP contribution is 2.24. The average molecular weight is 419 g/mol. The van der Waals surface area contributed by atoms with Gasteiger partial charge in [-0.3, -0.25) is 4.79 Å². The van der Waals surface area contributed by atoms with Crippen molar-refractivity contribution < 1.29 is 23.1 Å². The number of ether oxygens (including phenoxy) is 1. The van der Waals surface area contributed by atoms with Crippen LogP contribution < -0.4 is 0 Å². The summed E-state index contributed by atoms with van der Waals surface area (Å²) in [7, 11) is 1.61. The Labute approximate surface area is 154 Å². The molecule has 1 saturated heterocycles. The Morgan fingerprint density at radius 1 is 1.28 bits per heavy atom. The van der Waals surface area contributed by atoms with E-state index >= 15 is 0 Å². The molecule has 1 fully saturated rings. The molecule has 1 aliphatic heterocycles. The van der Waals surface area contributed by atoms with Gasteiger partial charge in [0.2, 0.25) is 0 Å². The maximum atomic E-state index is 13.9. The molecule has 0 aromatic heterocycles. The van der Waals surface area contributed by atoms with Gasteiger partial charge >= 0.3 is 6.09 Å². The second kappa shape index (κ2) is 7.27. The smallest absolute Gasteiger partial charge is 0.410 e. The SMILES string of the molecule is CN(C(=O)OC(C)(C)C)C1CCN(C(=O)c2cc(Br)c(F)cc2F)C1. The van der Waals surface area contributed by atoms with Gasteiger partial charge in [-0.25, -0.2) is 13.6 Å². The second-order valence-corrected chi connectivity index (χ2v) is 7.89. The van der Waals surface area contributed by atoms with Crippen LogP contribution in [-0.4, -0.2) is 53.6 Å². The van der Waals surface area contributed by atoms with Crippen LogP contribution in [-0.2, 0) is 4.74 Å². The molecule has 0 radical (unpaired) electrons. The molecule has 2 rings (SSSR count). The number of nitrogens with zero attached hydrogens (tertiary/aromatic N) is 2. The summed E-state index contributed by atoms with van der Waals surface area (Å²) >= 11 is 2.96. The Morgan fingerprint density at radius 2 is 1.92 bits per heavy atom. The van der Waals surface area contributed by atoms with Gasteiger partial charge in [-0.2, -0.15) is 0 Å². The molecule has 0 spiro atoms. The van der Waals surface area contributed by atoms with E-state index < -0.39 is 29.2 Å². The predicted molar refractivity (Wildman–Crippen MR) is 92.4 cm³/mol. The van der Waals surface area contributed by atoms with Crippen LogP contribution >= 0.6 is 15.9 Å². The summed E-state index contributed by atoms with van der Waals surface area (Å²) in [4.78, 5) is 27.5. The molecule has 1 unspecified atom stereocenters. The van der Waals surface area contributed by atoms with Crippen molar-refractivity contribution >= 4 is 27.9 Å². The number of likely N-dealkylation sites (N-methyl/N-ethyl adjacent to an activating group) is 1. The van der Waals surface area contributed by atoms with Gasteiger partial charge in [-0.05, 0) is 49.2 Å². The van der Waals surface area contributed by atoms with Crippen LogP contribution in [0.1, 0.15) is 37.6 Å². The lowest BCUT2D eigenvalue weighted by molar-refractivity contribution is 0.0226. The molecule has 0 N–H and O–H groups in total. The number of amides is 2. The van der Waals surface area contributed by atoms with Crippen LogP contribution in [0.3, 0.4) is 0 Å². The van der Waals surface area contributed by atoms with Gasteiger partial charge < -0.3 is 14.5 Å². The third-order valence-corrected chi connectivity index (χ3v) is 4.53. The van der Waals surface area contributed by atoms with Crippen molar-refractivity contribution in [1.29, 1.82) is 0 Å². The van der Waals surface area contributed by atoms with Crippen LogP contribution in [0.25, 0.3) is 0 Å². The number of carbonyl (C=O) groups excluding carboxylic acids is 2. The van der Waals surface area contributed by atoms with Crippen molar-refractivity contribution in [1.82, 2.24) is 9.80 Å². The predicted octanol–water partition coefficient (Wildman–Crippen LogP) is 3.81. The highest BCUT2D eigenvalue weighted by atomic mass is 79.9. The summed E-state index contributed by atoms with van der Waals surface area (Å²) in [6.07, 6.45) is 0.0911. The van der Waals surface area contributed by atoms with E-state index in [0.717, 1.165) is 6.07 Å². The molecule has 8 heteroatoms. The molecular weight excluding hydrogens is 398 g/mol. The number of hydrogen-bond acceptors (Lipinski definition) is 3. The molecule has 1 aromatic carbocycles. The molecule has 138 valence electrons. The second-order valence-electron chi connectivity index (χ2n) is 7.03. The van der Waals surface area contributed by atoms with E-state index in [9.17, 15) is 18.4 Å². The van der Waals surface area contributed by atoms with Crippen LogP contribution in [0.4, 0.5) is 13.6 Å². The summed E-state index contributed by atoms with van der Waals surface area (Å²) in [6, 6.07) is 1.60. The molecule has 25 heavy (non-hydrogen) atoms. The van der Waals surface area contributed by atoms with Gasteiger partial charge in [-0.1, -0.05) is 0 Å². The summed E-state index contributed by atoms with van der Waals surface area (Å²) in [5.74, 6) is -2.20. The molecule has 1 atom stereocenters. The zero-order valence-electron chi connectivity index (χ0n) is 14.6. The first-order chi connectivity index (χ1) is 11.5. The van der Waals surface area contributed by atoms with Gasteiger partial charge in [0, 0.05) is 26.2 Å². The molecule has 5 nitrogen and oxygen atoms in total. The third-order valence-electron chi connectivity index (χ3n) is 3.92. The normalized spacial score (nSPS) is 17.6. The number of likely N-dealkylation sites (tertiary alicyclic amines) is 1. The molecule has 0 bridgehead atoms. The fourth-order valence-corrected chi connectivity index (χ4v) is 2.93. The van der Waals surface area contributed by atoms with Gasteiger partial charge in [0.15, 0.2) is 0 Å². The minimum absolute atomic E-state index is 0.0267. The monoisotopic (exact) mass is 418 g/mol. The molecule has 1 aliphatic rings. The van der Waals surface area contributed by atoms with E-state index in [1.807, 2.05) is 0 Å². The van der Waals surface area contributed by atoms with Crippen LogP contribution in [0.2, 0.25) is 0 Å². The zero-order chi connectivity index (χ0) is 18.9. The first-order valence-electron chi connectivity index (χ1n) is 7.89. The van der Waals surface area contributed by atoms with E-state index in [2.05, 4.69) is 15.9 Å². The molecular formula is C17H21BrF2N2O3. The Morgan fingerprint density at radius 3 is 2.52 bits per heavy atom. The minimum Gasteiger partial charge on any atom is -0.444 e. The largest absolute Gasteiger partial charge is 0.444 e. The van der Waals surface area contributed by atoms with E-state index in [-0.39, 0.29) is 22.6 Å². The summed E-state index contributed by atoms with van der Waals surface area (Å²) in [5, 5.41) is 0. The Kier molecular flexibility index (Phi) is 5.71. The number of halogens is 3. The van der Waals surface area contributed by atoms with Gasteiger partial charge in [0.25, 0.3) is 5.91 Å². The lowest BCUT2D eigenvalue weighted by Crippen LogP contribution is -2.42. The highest BCUT2D eigenvalue weighted by molar-refractivity contribution is 9.10. The van der Waals surface area contributed by atoms with Crippen molar-refractivity contribution in [3.05, 3.63) is 33.8 Å². The van der Waals surface area contributed by atoms with Crippen molar-refractivity contribution in [2.75, 3.05) is 20.1 Å². The maximum Gasteiger partial charge on any atom is 0.410 e. The average Bonchev–Trinajstić information content (AvgIpc) is 2.97. The Balaban J connectivity index is 2.06. The zero-order valence-corrected chi connectivity index (χ0v) is 16.2. The minimum atomic E-state index is -0.908. The molecule has 1 heterocycles. The molecule has 0 saturated carbocycles. The lowest BCUT2D eigenvalue weighted by atomic mass is 10.2. The maximum absolute atomic E-state index is 13.9. The van der Waals surface area contributed by atoms with Crippen molar-refractivity contribution in [3.8, 4) is 0 Å². The van der Waals surface area contributed by atoms with Crippen molar-refractivity contribution in [2.24, 2.45) is 0 Å². The summed E-state index contributed by atoms with van der Waals surface area (Å²) in [5.41, 5.74) is -0.808. The third kappa shape index (κ3) is 4.68. The topological polar surface area (TPSA) is 49.9 Å². The standard InChI is InChI=1S/C17H21BrF2N2O3/c1-17(2,3)25-16(24)21(4)10-5-6-22(9-10)15(23)11-7-12(18)14(20)8-13(11)19/h7-8,10H,5-6,9H2,1-4H3. The first kappa shape index (κ1) is 19.6. The number of carbonyl (C=O) groups is 2. The number of hydrogen-bond donors (Lipinski definition) is 0. The fourth-order valence-electron chi connectivity index (χ4n) is 2.58. The summed E-state index contributed by atoms with van der Waals surface area (Å²) < 4.78 is 32.6.